The van der Waals surface area contributed by atoms with E-state index in [2.05, 4.69) is 23.8 Å². The largest absolute Gasteiger partial charge is 0.396 e. The molecule has 2 atom stereocenters. The number of isocyanates is 2. The van der Waals surface area contributed by atoms with Crippen molar-refractivity contribution in [1.82, 2.24) is 0 Å². The van der Waals surface area contributed by atoms with E-state index in [0.29, 0.717) is 32.2 Å². The number of aliphatic imine (C=N–C) groups is 2. The summed E-state index contributed by atoms with van der Waals surface area (Å²) in [6, 6.07) is 0. The van der Waals surface area contributed by atoms with Crippen LogP contribution in [0.4, 0.5) is 0 Å². The Labute approximate surface area is 148 Å². The molecule has 1 rings (SSSR count). The molecule has 1 aliphatic carbocycles. The van der Waals surface area contributed by atoms with Crippen molar-refractivity contribution in [2.45, 2.75) is 58.4 Å². The number of hydrogen-bond donors (Lipinski definition) is 3. The summed E-state index contributed by atoms with van der Waals surface area (Å²) in [4.78, 5) is 29.6. The van der Waals surface area contributed by atoms with Gasteiger partial charge >= 0.3 is 0 Å². The highest BCUT2D eigenvalue weighted by molar-refractivity contribution is 5.36. The Hall–Kier alpha value is -1.36. The summed E-state index contributed by atoms with van der Waals surface area (Å²) in [6.45, 7) is 5.44. The smallest absolute Gasteiger partial charge is 0.235 e. The summed E-state index contributed by atoms with van der Waals surface area (Å²) >= 11 is 0. The van der Waals surface area contributed by atoms with Gasteiger partial charge in [-0.3, -0.25) is 0 Å². The van der Waals surface area contributed by atoms with Gasteiger partial charge in [-0.05, 0) is 42.9 Å². The number of hydrogen-bond acceptors (Lipinski definition) is 7. The molecule has 0 aliphatic heterocycles. The van der Waals surface area contributed by atoms with E-state index in [0.717, 1.165) is 6.42 Å². The molecule has 0 aromatic carbocycles. The van der Waals surface area contributed by atoms with Crippen LogP contribution in [-0.2, 0) is 9.59 Å². The molecular formula is C18H30N2O5. The van der Waals surface area contributed by atoms with E-state index >= 15 is 0 Å². The fraction of sp³-hybridized carbons (Fsp3) is 0.889. The van der Waals surface area contributed by atoms with E-state index in [4.69, 9.17) is 0 Å². The van der Waals surface area contributed by atoms with Crippen LogP contribution in [0.3, 0.4) is 0 Å². The molecule has 0 aromatic rings. The molecule has 1 aliphatic rings. The zero-order valence-electron chi connectivity index (χ0n) is 15.4. The highest BCUT2D eigenvalue weighted by Crippen LogP contribution is 2.54. The summed E-state index contributed by atoms with van der Waals surface area (Å²) in [5.41, 5.74) is -2.18. The van der Waals surface area contributed by atoms with Gasteiger partial charge in [0.2, 0.25) is 12.2 Å². The van der Waals surface area contributed by atoms with Crippen LogP contribution in [0.2, 0.25) is 0 Å². The molecular weight excluding hydrogens is 324 g/mol. The predicted octanol–water partition coefficient (Wildman–Crippen LogP) is 1.36. The zero-order valence-corrected chi connectivity index (χ0v) is 15.4. The van der Waals surface area contributed by atoms with Crippen molar-refractivity contribution in [2.24, 2.45) is 26.2 Å². The second-order valence-corrected chi connectivity index (χ2v) is 8.81. The van der Waals surface area contributed by atoms with Gasteiger partial charge < -0.3 is 15.3 Å². The van der Waals surface area contributed by atoms with Gasteiger partial charge in [0.1, 0.15) is 0 Å². The van der Waals surface area contributed by atoms with Gasteiger partial charge in [0.05, 0.1) is 31.9 Å². The highest BCUT2D eigenvalue weighted by Gasteiger charge is 2.50. The van der Waals surface area contributed by atoms with Gasteiger partial charge in [0.15, 0.2) is 0 Å². The standard InChI is InChI=1S/C18H30N2O5/c1-15(2)6-16(3,9-19-13-24)8-18(7-15,20-14-25)5-4-17(10-21,11-22)12-23/h21-23H,4-12H2,1-3H3. The molecule has 0 heterocycles. The second-order valence-electron chi connectivity index (χ2n) is 8.81. The van der Waals surface area contributed by atoms with E-state index in [-0.39, 0.29) is 30.7 Å². The average Bonchev–Trinajstić information content (AvgIpc) is 2.53. The summed E-state index contributed by atoms with van der Waals surface area (Å²) in [5, 5.41) is 28.7. The maximum Gasteiger partial charge on any atom is 0.235 e. The lowest BCUT2D eigenvalue weighted by molar-refractivity contribution is -0.0184. The predicted molar refractivity (Wildman–Crippen MR) is 92.5 cm³/mol. The summed E-state index contributed by atoms with van der Waals surface area (Å²) in [6.07, 6.45) is 6.02. The Morgan fingerprint density at radius 2 is 1.56 bits per heavy atom. The minimum absolute atomic E-state index is 0.133. The van der Waals surface area contributed by atoms with E-state index in [1.54, 1.807) is 12.2 Å². The number of nitrogens with zero attached hydrogens (tertiary/aromatic N) is 2. The van der Waals surface area contributed by atoms with Gasteiger partial charge in [0, 0.05) is 5.41 Å². The molecule has 0 saturated heterocycles. The molecule has 1 saturated carbocycles. The summed E-state index contributed by atoms with van der Waals surface area (Å²) in [5.74, 6) is 0. The molecule has 7 nitrogen and oxygen atoms in total. The van der Waals surface area contributed by atoms with Crippen molar-refractivity contribution in [3.63, 3.8) is 0 Å². The van der Waals surface area contributed by atoms with Gasteiger partial charge in [-0.15, -0.1) is 0 Å². The fourth-order valence-corrected chi connectivity index (χ4v) is 4.66. The van der Waals surface area contributed by atoms with Gasteiger partial charge in [-0.2, -0.15) is 4.99 Å². The highest BCUT2D eigenvalue weighted by atomic mass is 16.3. The third-order valence-electron chi connectivity index (χ3n) is 5.40. The molecule has 0 bridgehead atoms. The first kappa shape index (κ1) is 21.7. The van der Waals surface area contributed by atoms with Crippen LogP contribution in [-0.4, -0.2) is 59.4 Å². The fourth-order valence-electron chi connectivity index (χ4n) is 4.66. The van der Waals surface area contributed by atoms with Crippen LogP contribution < -0.4 is 0 Å². The number of carbonyl (C=O) groups excluding carboxylic acids is 2. The van der Waals surface area contributed by atoms with Crippen LogP contribution in [0, 0.1) is 16.2 Å². The molecule has 0 aromatic heterocycles. The van der Waals surface area contributed by atoms with Crippen molar-refractivity contribution >= 4 is 12.2 Å². The number of aliphatic hydroxyl groups is 3. The Morgan fingerprint density at radius 3 is 2.04 bits per heavy atom. The molecule has 0 radical (unpaired) electrons. The molecule has 2 unspecified atom stereocenters. The second kappa shape index (κ2) is 8.35. The van der Waals surface area contributed by atoms with Crippen LogP contribution >= 0.6 is 0 Å². The first-order valence-corrected chi connectivity index (χ1v) is 8.59. The molecule has 142 valence electrons. The molecule has 0 amide bonds. The summed E-state index contributed by atoms with van der Waals surface area (Å²) in [7, 11) is 0. The van der Waals surface area contributed by atoms with Crippen LogP contribution in [0.1, 0.15) is 52.9 Å². The van der Waals surface area contributed by atoms with Gasteiger partial charge in [0.25, 0.3) is 0 Å². The minimum Gasteiger partial charge on any atom is -0.396 e. The molecule has 1 fully saturated rings. The van der Waals surface area contributed by atoms with Crippen LogP contribution in [0.15, 0.2) is 9.98 Å². The minimum atomic E-state index is -1.01. The first-order chi connectivity index (χ1) is 11.6. The Balaban J connectivity index is 3.16. The zero-order chi connectivity index (χ0) is 19.2. The third-order valence-corrected chi connectivity index (χ3v) is 5.40. The molecule has 0 spiro atoms. The van der Waals surface area contributed by atoms with Crippen LogP contribution in [0.25, 0.3) is 0 Å². The van der Waals surface area contributed by atoms with Crippen molar-refractivity contribution in [3.8, 4) is 0 Å². The van der Waals surface area contributed by atoms with E-state index in [1.807, 2.05) is 6.92 Å². The van der Waals surface area contributed by atoms with Crippen molar-refractivity contribution in [2.75, 3.05) is 26.4 Å². The lowest BCUT2D eigenvalue weighted by atomic mass is 9.56. The Morgan fingerprint density at radius 1 is 0.960 bits per heavy atom. The lowest BCUT2D eigenvalue weighted by Gasteiger charge is -2.51. The van der Waals surface area contributed by atoms with E-state index < -0.39 is 11.0 Å². The normalized spacial score (nSPS) is 28.7. The molecule has 25 heavy (non-hydrogen) atoms. The maximum absolute atomic E-state index is 11.1. The number of aliphatic hydroxyl groups excluding tert-OH is 3. The van der Waals surface area contributed by atoms with Crippen LogP contribution in [0.5, 0.6) is 0 Å². The quantitative estimate of drug-likeness (QED) is 0.426. The average molecular weight is 354 g/mol. The first-order valence-electron chi connectivity index (χ1n) is 8.59. The SMILES string of the molecule is CC1(C)CC(C)(CN=C=O)CC(CCC(CO)(CO)CO)(N=C=O)C1. The topological polar surface area (TPSA) is 120 Å². The molecule has 7 heteroatoms. The van der Waals surface area contributed by atoms with E-state index in [1.165, 1.54) is 0 Å². The van der Waals surface area contributed by atoms with Crippen molar-refractivity contribution in [3.05, 3.63) is 0 Å². The summed E-state index contributed by atoms with van der Waals surface area (Å²) < 4.78 is 0. The van der Waals surface area contributed by atoms with Crippen molar-refractivity contribution in [1.29, 1.82) is 0 Å². The van der Waals surface area contributed by atoms with Gasteiger partial charge in [-0.25, -0.2) is 14.6 Å². The lowest BCUT2D eigenvalue weighted by Crippen LogP contribution is -2.48. The molecule has 3 N–H and O–H groups in total. The Kier molecular flexibility index (Phi) is 7.24. The third kappa shape index (κ3) is 5.56. The maximum atomic E-state index is 11.1. The van der Waals surface area contributed by atoms with Gasteiger partial charge in [-0.1, -0.05) is 20.8 Å². The van der Waals surface area contributed by atoms with E-state index in [9.17, 15) is 24.9 Å². The monoisotopic (exact) mass is 354 g/mol. The number of rotatable bonds is 9. The Bertz CT molecular complexity index is 539. The van der Waals surface area contributed by atoms with Crippen molar-refractivity contribution < 1.29 is 24.9 Å².